The molecule has 0 saturated carbocycles. The van der Waals surface area contributed by atoms with Crippen LogP contribution in [-0.2, 0) is 6.42 Å². The molecule has 0 heterocycles. The highest BCUT2D eigenvalue weighted by Gasteiger charge is 2.20. The predicted molar refractivity (Wildman–Crippen MR) is 79.3 cm³/mol. The van der Waals surface area contributed by atoms with E-state index in [1.54, 1.807) is 6.92 Å². The first-order valence-corrected chi connectivity index (χ1v) is 6.98. The van der Waals surface area contributed by atoms with Crippen molar-refractivity contribution in [2.24, 2.45) is 0 Å². The van der Waals surface area contributed by atoms with E-state index in [1.807, 2.05) is 32.0 Å². The molecule has 0 N–H and O–H groups in total. The lowest BCUT2D eigenvalue weighted by molar-refractivity contribution is 0.545. The summed E-state index contributed by atoms with van der Waals surface area (Å²) in [6.07, 6.45) is 0.403. The first-order chi connectivity index (χ1) is 9.40. The van der Waals surface area contributed by atoms with Crippen LogP contribution in [-0.4, -0.2) is 0 Å². The van der Waals surface area contributed by atoms with Crippen molar-refractivity contribution in [3.05, 3.63) is 69.8 Å². The summed E-state index contributed by atoms with van der Waals surface area (Å²) in [7, 11) is 0. The van der Waals surface area contributed by atoms with Gasteiger partial charge >= 0.3 is 0 Å². The molecule has 0 saturated heterocycles. The standard InChI is InChI=1S/C17H17ClF2/c1-10-4-6-13(8-12(10)3)9-14(18)16-15(19)7-5-11(2)17(16)20/h4-8,14H,9H2,1-3H3. The zero-order chi connectivity index (χ0) is 14.9. The number of alkyl halides is 1. The van der Waals surface area contributed by atoms with Gasteiger partial charge < -0.3 is 0 Å². The van der Waals surface area contributed by atoms with Gasteiger partial charge in [0.05, 0.1) is 5.38 Å². The third-order valence-electron chi connectivity index (χ3n) is 3.62. The summed E-state index contributed by atoms with van der Waals surface area (Å²) < 4.78 is 27.8. The summed E-state index contributed by atoms with van der Waals surface area (Å²) >= 11 is 6.24. The molecule has 2 aromatic rings. The highest BCUT2D eigenvalue weighted by atomic mass is 35.5. The van der Waals surface area contributed by atoms with Gasteiger partial charge in [0.2, 0.25) is 0 Å². The van der Waals surface area contributed by atoms with Gasteiger partial charge in [-0.3, -0.25) is 0 Å². The molecule has 0 radical (unpaired) electrons. The van der Waals surface area contributed by atoms with Crippen LogP contribution in [0.5, 0.6) is 0 Å². The molecule has 1 unspecified atom stereocenters. The minimum Gasteiger partial charge on any atom is -0.207 e. The first kappa shape index (κ1) is 15.0. The Bertz CT molecular complexity index is 635. The maximum Gasteiger partial charge on any atom is 0.133 e. The number of aryl methyl sites for hydroxylation is 3. The van der Waals surface area contributed by atoms with E-state index in [4.69, 9.17) is 11.6 Å². The molecule has 0 aliphatic rings. The van der Waals surface area contributed by atoms with Crippen molar-refractivity contribution < 1.29 is 8.78 Å². The Kier molecular flexibility index (Phi) is 4.44. The number of benzene rings is 2. The van der Waals surface area contributed by atoms with Crippen LogP contribution in [0.1, 0.15) is 33.2 Å². The van der Waals surface area contributed by atoms with E-state index < -0.39 is 17.0 Å². The van der Waals surface area contributed by atoms with Crippen LogP contribution in [0.4, 0.5) is 8.78 Å². The molecule has 0 amide bonds. The monoisotopic (exact) mass is 294 g/mol. The van der Waals surface area contributed by atoms with Gasteiger partial charge in [-0.05, 0) is 55.5 Å². The predicted octanol–water partition coefficient (Wildman–Crippen LogP) is 5.41. The smallest absolute Gasteiger partial charge is 0.133 e. The van der Waals surface area contributed by atoms with Gasteiger partial charge in [0.25, 0.3) is 0 Å². The molecule has 106 valence electrons. The third kappa shape index (κ3) is 3.01. The minimum absolute atomic E-state index is 0.0371. The van der Waals surface area contributed by atoms with Crippen molar-refractivity contribution in [3.63, 3.8) is 0 Å². The lowest BCUT2D eigenvalue weighted by atomic mass is 9.98. The highest BCUT2D eigenvalue weighted by Crippen LogP contribution is 2.31. The quantitative estimate of drug-likeness (QED) is 0.664. The van der Waals surface area contributed by atoms with Gasteiger partial charge in [0.15, 0.2) is 0 Å². The zero-order valence-electron chi connectivity index (χ0n) is 11.8. The second-order valence-corrected chi connectivity index (χ2v) is 5.71. The van der Waals surface area contributed by atoms with E-state index in [-0.39, 0.29) is 5.56 Å². The van der Waals surface area contributed by atoms with E-state index in [0.717, 1.165) is 11.1 Å². The van der Waals surface area contributed by atoms with Gasteiger partial charge in [-0.1, -0.05) is 24.3 Å². The van der Waals surface area contributed by atoms with Crippen LogP contribution < -0.4 is 0 Å². The number of hydrogen-bond acceptors (Lipinski definition) is 0. The second kappa shape index (κ2) is 5.92. The Balaban J connectivity index is 2.30. The Morgan fingerprint density at radius 2 is 1.60 bits per heavy atom. The molecule has 3 heteroatoms. The summed E-state index contributed by atoms with van der Waals surface area (Å²) in [6, 6.07) is 8.65. The lowest BCUT2D eigenvalue weighted by Gasteiger charge is -2.14. The number of rotatable bonds is 3. The van der Waals surface area contributed by atoms with Gasteiger partial charge in [-0.15, -0.1) is 11.6 Å². The molecule has 0 aliphatic heterocycles. The van der Waals surface area contributed by atoms with Crippen molar-refractivity contribution in [1.82, 2.24) is 0 Å². The average molecular weight is 295 g/mol. The topological polar surface area (TPSA) is 0 Å². The Morgan fingerprint density at radius 1 is 0.950 bits per heavy atom. The normalized spacial score (nSPS) is 12.5. The van der Waals surface area contributed by atoms with E-state index >= 15 is 0 Å². The summed E-state index contributed by atoms with van der Waals surface area (Å²) in [6.45, 7) is 5.64. The molecule has 2 rings (SSSR count). The molecule has 0 aromatic heterocycles. The van der Waals surface area contributed by atoms with Gasteiger partial charge in [0.1, 0.15) is 11.6 Å². The van der Waals surface area contributed by atoms with Gasteiger partial charge in [-0.25, -0.2) is 8.78 Å². The van der Waals surface area contributed by atoms with E-state index in [0.29, 0.717) is 12.0 Å². The third-order valence-corrected chi connectivity index (χ3v) is 3.99. The van der Waals surface area contributed by atoms with Crippen LogP contribution in [0.25, 0.3) is 0 Å². The highest BCUT2D eigenvalue weighted by molar-refractivity contribution is 6.21. The Labute approximate surface area is 123 Å². The van der Waals surface area contributed by atoms with E-state index in [1.165, 1.54) is 17.7 Å². The van der Waals surface area contributed by atoms with Crippen LogP contribution in [0.2, 0.25) is 0 Å². The summed E-state index contributed by atoms with van der Waals surface area (Å²) in [5, 5.41) is -0.711. The largest absolute Gasteiger partial charge is 0.207 e. The zero-order valence-corrected chi connectivity index (χ0v) is 12.6. The van der Waals surface area contributed by atoms with Gasteiger partial charge in [-0.2, -0.15) is 0 Å². The Morgan fingerprint density at radius 3 is 2.25 bits per heavy atom. The molecular weight excluding hydrogens is 278 g/mol. The fraction of sp³-hybridized carbons (Fsp3) is 0.294. The van der Waals surface area contributed by atoms with Crippen LogP contribution in [0.3, 0.4) is 0 Å². The number of hydrogen-bond donors (Lipinski definition) is 0. The maximum absolute atomic E-state index is 14.0. The molecule has 1 atom stereocenters. The molecule has 0 nitrogen and oxygen atoms in total. The molecular formula is C17H17ClF2. The number of halogens is 3. The fourth-order valence-electron chi connectivity index (χ4n) is 2.20. The van der Waals surface area contributed by atoms with Crippen molar-refractivity contribution in [2.75, 3.05) is 0 Å². The molecule has 0 bridgehead atoms. The van der Waals surface area contributed by atoms with Crippen molar-refractivity contribution in [1.29, 1.82) is 0 Å². The van der Waals surface area contributed by atoms with E-state index in [9.17, 15) is 8.78 Å². The summed E-state index contributed by atoms with van der Waals surface area (Å²) in [4.78, 5) is 0. The maximum atomic E-state index is 14.0. The molecule has 0 fully saturated rings. The van der Waals surface area contributed by atoms with Crippen molar-refractivity contribution >= 4 is 11.6 Å². The van der Waals surface area contributed by atoms with Crippen molar-refractivity contribution in [3.8, 4) is 0 Å². The van der Waals surface area contributed by atoms with Crippen LogP contribution in [0, 0.1) is 32.4 Å². The van der Waals surface area contributed by atoms with Crippen LogP contribution in [0.15, 0.2) is 30.3 Å². The van der Waals surface area contributed by atoms with Crippen LogP contribution >= 0.6 is 11.6 Å². The summed E-state index contributed by atoms with van der Waals surface area (Å²) in [5.41, 5.74) is 3.69. The summed E-state index contributed by atoms with van der Waals surface area (Å²) in [5.74, 6) is -1.13. The minimum atomic E-state index is -0.711. The van der Waals surface area contributed by atoms with Gasteiger partial charge in [0, 0.05) is 5.56 Å². The average Bonchev–Trinajstić information content (AvgIpc) is 2.39. The molecule has 20 heavy (non-hydrogen) atoms. The lowest BCUT2D eigenvalue weighted by Crippen LogP contribution is -2.04. The van der Waals surface area contributed by atoms with E-state index in [2.05, 4.69) is 0 Å². The Hall–Kier alpha value is -1.41. The first-order valence-electron chi connectivity index (χ1n) is 6.55. The molecule has 2 aromatic carbocycles. The SMILES string of the molecule is Cc1ccc(CC(Cl)c2c(F)ccc(C)c2F)cc1C. The molecule has 0 spiro atoms. The molecule has 0 aliphatic carbocycles. The second-order valence-electron chi connectivity index (χ2n) is 5.18. The van der Waals surface area contributed by atoms with Crippen molar-refractivity contribution in [2.45, 2.75) is 32.6 Å². The fourth-order valence-corrected chi connectivity index (χ4v) is 2.58.